The van der Waals surface area contributed by atoms with Crippen LogP contribution < -0.4 is 15.4 Å². The molecule has 1 amide bonds. The summed E-state index contributed by atoms with van der Waals surface area (Å²) in [5.41, 5.74) is 1.49. The lowest BCUT2D eigenvalue weighted by Gasteiger charge is -2.08. The molecule has 0 radical (unpaired) electrons. The van der Waals surface area contributed by atoms with Gasteiger partial charge in [-0.15, -0.1) is 0 Å². The maximum atomic E-state index is 12.1. The molecular formula is C15H17N3O4S. The molecule has 0 aliphatic carbocycles. The van der Waals surface area contributed by atoms with E-state index in [0.717, 1.165) is 0 Å². The van der Waals surface area contributed by atoms with Crippen molar-refractivity contribution in [3.63, 3.8) is 0 Å². The number of amides is 1. The molecule has 7 nitrogen and oxygen atoms in total. The minimum Gasteiger partial charge on any atom is -0.497 e. The molecule has 2 aromatic rings. The highest BCUT2D eigenvalue weighted by atomic mass is 32.1. The van der Waals surface area contributed by atoms with Gasteiger partial charge >= 0.3 is 5.97 Å². The summed E-state index contributed by atoms with van der Waals surface area (Å²) in [4.78, 5) is 23.9. The fourth-order valence-electron chi connectivity index (χ4n) is 1.88. The lowest BCUT2D eigenvalue weighted by molar-refractivity contribution is -0.119. The quantitative estimate of drug-likeness (QED) is 0.787. The van der Waals surface area contributed by atoms with Crippen LogP contribution in [0.4, 0.5) is 10.7 Å². The number of carbonyl (C=O) groups excluding carboxylic acids is 2. The molecule has 0 bridgehead atoms. The second-order valence-corrected chi connectivity index (χ2v) is 5.35. The van der Waals surface area contributed by atoms with Gasteiger partial charge in [0.25, 0.3) is 5.91 Å². The molecule has 0 saturated heterocycles. The van der Waals surface area contributed by atoms with E-state index in [1.54, 1.807) is 45.3 Å². The Morgan fingerprint density at radius 3 is 2.83 bits per heavy atom. The van der Waals surface area contributed by atoms with Crippen LogP contribution in [0.15, 0.2) is 24.3 Å². The molecule has 0 saturated carbocycles. The fraction of sp³-hybridized carbons (Fsp3) is 0.267. The average molecular weight is 335 g/mol. The van der Waals surface area contributed by atoms with Crippen molar-refractivity contribution in [3.05, 3.63) is 35.5 Å². The van der Waals surface area contributed by atoms with Gasteiger partial charge in [0.2, 0.25) is 0 Å². The predicted octanol–water partition coefficient (Wildman–Crippen LogP) is 2.30. The maximum Gasteiger partial charge on any atom is 0.343 e. The number of ether oxygens (including phenoxy) is 2. The number of methoxy groups -OCH3 is 1. The zero-order valence-electron chi connectivity index (χ0n) is 13.0. The van der Waals surface area contributed by atoms with Gasteiger partial charge in [-0.25, -0.2) is 4.79 Å². The second-order valence-electron chi connectivity index (χ2n) is 4.58. The van der Waals surface area contributed by atoms with Gasteiger partial charge in [-0.1, -0.05) is 6.07 Å². The summed E-state index contributed by atoms with van der Waals surface area (Å²) in [7, 11) is 3.23. The highest BCUT2D eigenvalue weighted by Crippen LogP contribution is 2.24. The Balaban J connectivity index is 1.93. The first kappa shape index (κ1) is 16.8. The number of carbonyl (C=O) groups is 2. The van der Waals surface area contributed by atoms with Crippen molar-refractivity contribution in [2.45, 2.75) is 6.92 Å². The molecule has 1 aromatic carbocycles. The average Bonchev–Trinajstić information content (AvgIpc) is 2.93. The van der Waals surface area contributed by atoms with Gasteiger partial charge in [0.15, 0.2) is 6.61 Å². The van der Waals surface area contributed by atoms with Gasteiger partial charge in [-0.2, -0.15) is 4.37 Å². The Kier molecular flexibility index (Phi) is 5.53. The molecule has 0 aliphatic rings. The number of benzene rings is 1. The van der Waals surface area contributed by atoms with Crippen LogP contribution in [-0.2, 0) is 9.53 Å². The smallest absolute Gasteiger partial charge is 0.343 e. The standard InChI is InChI=1S/C15H17N3O4S/c1-9-13(14(16-2)23-18-9)15(20)22-8-12(19)17-10-5-4-6-11(7-10)21-3/h4-7,16H,8H2,1-3H3,(H,17,19). The summed E-state index contributed by atoms with van der Waals surface area (Å²) >= 11 is 1.17. The number of aryl methyl sites for hydroxylation is 1. The van der Waals surface area contributed by atoms with Crippen LogP contribution in [0, 0.1) is 6.92 Å². The minimum absolute atomic E-state index is 0.353. The van der Waals surface area contributed by atoms with E-state index in [-0.39, 0.29) is 6.61 Å². The van der Waals surface area contributed by atoms with Crippen molar-refractivity contribution in [2.24, 2.45) is 0 Å². The topological polar surface area (TPSA) is 89.5 Å². The van der Waals surface area contributed by atoms with Crippen molar-refractivity contribution < 1.29 is 19.1 Å². The number of rotatable bonds is 6. The first-order chi connectivity index (χ1) is 11.0. The van der Waals surface area contributed by atoms with Gasteiger partial charge < -0.3 is 20.1 Å². The third kappa shape index (κ3) is 4.19. The van der Waals surface area contributed by atoms with Crippen LogP contribution in [0.1, 0.15) is 16.1 Å². The molecule has 122 valence electrons. The number of aromatic nitrogens is 1. The number of hydrogen-bond donors (Lipinski definition) is 2. The Morgan fingerprint density at radius 2 is 2.13 bits per heavy atom. The molecule has 0 fully saturated rings. The number of anilines is 2. The molecule has 2 rings (SSSR count). The molecular weight excluding hydrogens is 318 g/mol. The Morgan fingerprint density at radius 1 is 1.35 bits per heavy atom. The number of esters is 1. The third-order valence-electron chi connectivity index (χ3n) is 2.98. The van der Waals surface area contributed by atoms with E-state index in [1.807, 2.05) is 0 Å². The van der Waals surface area contributed by atoms with E-state index in [4.69, 9.17) is 9.47 Å². The molecule has 23 heavy (non-hydrogen) atoms. The fourth-order valence-corrected chi connectivity index (χ4v) is 2.62. The van der Waals surface area contributed by atoms with Crippen LogP contribution in [0.25, 0.3) is 0 Å². The van der Waals surface area contributed by atoms with E-state index in [1.165, 1.54) is 11.5 Å². The zero-order chi connectivity index (χ0) is 16.8. The van der Waals surface area contributed by atoms with E-state index in [9.17, 15) is 9.59 Å². The SMILES string of the molecule is CNc1snc(C)c1C(=O)OCC(=O)Nc1cccc(OC)c1. The highest BCUT2D eigenvalue weighted by molar-refractivity contribution is 7.10. The normalized spacial score (nSPS) is 10.0. The van der Waals surface area contributed by atoms with Crippen molar-refractivity contribution in [1.29, 1.82) is 0 Å². The Labute approximate surface area is 137 Å². The van der Waals surface area contributed by atoms with Gasteiger partial charge in [-0.3, -0.25) is 4.79 Å². The van der Waals surface area contributed by atoms with Crippen LogP contribution in [-0.4, -0.2) is 37.0 Å². The highest BCUT2D eigenvalue weighted by Gasteiger charge is 2.20. The van der Waals surface area contributed by atoms with Gasteiger partial charge in [0.1, 0.15) is 16.3 Å². The Bertz CT molecular complexity index is 714. The predicted molar refractivity (Wildman–Crippen MR) is 88.3 cm³/mol. The lowest BCUT2D eigenvalue weighted by Crippen LogP contribution is -2.21. The van der Waals surface area contributed by atoms with E-state index in [0.29, 0.717) is 27.7 Å². The van der Waals surface area contributed by atoms with Gasteiger partial charge in [-0.05, 0) is 30.6 Å². The van der Waals surface area contributed by atoms with E-state index >= 15 is 0 Å². The Hall–Kier alpha value is -2.61. The van der Waals surface area contributed by atoms with Gasteiger partial charge in [0, 0.05) is 18.8 Å². The molecule has 0 aliphatic heterocycles. The molecule has 8 heteroatoms. The monoisotopic (exact) mass is 335 g/mol. The third-order valence-corrected chi connectivity index (χ3v) is 3.94. The molecule has 0 unspecified atom stereocenters. The van der Waals surface area contributed by atoms with Crippen molar-refractivity contribution in [3.8, 4) is 5.75 Å². The molecule has 2 N–H and O–H groups in total. The largest absolute Gasteiger partial charge is 0.497 e. The summed E-state index contributed by atoms with van der Waals surface area (Å²) in [5.74, 6) is -0.390. The summed E-state index contributed by atoms with van der Waals surface area (Å²) in [6, 6.07) is 6.90. The van der Waals surface area contributed by atoms with E-state index in [2.05, 4.69) is 15.0 Å². The van der Waals surface area contributed by atoms with Gasteiger partial charge in [0.05, 0.1) is 12.8 Å². The van der Waals surface area contributed by atoms with Crippen LogP contribution in [0.3, 0.4) is 0 Å². The van der Waals surface area contributed by atoms with Crippen molar-refractivity contribution in [1.82, 2.24) is 4.37 Å². The number of hydrogen-bond acceptors (Lipinski definition) is 7. The summed E-state index contributed by atoms with van der Waals surface area (Å²) in [6.07, 6.45) is 0. The zero-order valence-corrected chi connectivity index (χ0v) is 13.8. The van der Waals surface area contributed by atoms with Crippen molar-refractivity contribution in [2.75, 3.05) is 31.4 Å². The summed E-state index contributed by atoms with van der Waals surface area (Å²) < 4.78 is 14.2. The van der Waals surface area contributed by atoms with Crippen LogP contribution in [0.5, 0.6) is 5.75 Å². The number of nitrogens with zero attached hydrogens (tertiary/aromatic N) is 1. The maximum absolute atomic E-state index is 12.1. The second kappa shape index (κ2) is 7.59. The number of nitrogens with one attached hydrogen (secondary N) is 2. The molecule has 1 aromatic heterocycles. The van der Waals surface area contributed by atoms with Crippen LogP contribution >= 0.6 is 11.5 Å². The first-order valence-corrected chi connectivity index (χ1v) is 7.57. The molecule has 0 atom stereocenters. The molecule has 1 heterocycles. The molecule has 0 spiro atoms. The first-order valence-electron chi connectivity index (χ1n) is 6.80. The lowest BCUT2D eigenvalue weighted by atomic mass is 10.2. The minimum atomic E-state index is -0.582. The van der Waals surface area contributed by atoms with Crippen molar-refractivity contribution >= 4 is 34.1 Å². The van der Waals surface area contributed by atoms with E-state index < -0.39 is 11.9 Å². The van der Waals surface area contributed by atoms with Crippen LogP contribution in [0.2, 0.25) is 0 Å². The summed E-state index contributed by atoms with van der Waals surface area (Å²) in [6.45, 7) is 1.33. The summed E-state index contributed by atoms with van der Waals surface area (Å²) in [5, 5.41) is 6.13.